The van der Waals surface area contributed by atoms with Gasteiger partial charge in [-0.1, -0.05) is 0 Å². The number of amides is 1. The Hall–Kier alpha value is -2.07. The average molecular weight is 555 g/mol. The monoisotopic (exact) mass is 555 g/mol. The second kappa shape index (κ2) is 10.7. The molecule has 0 aliphatic carbocycles. The van der Waals surface area contributed by atoms with E-state index in [1.54, 1.807) is 31.4 Å². The molecule has 2 aromatic carbocycles. The van der Waals surface area contributed by atoms with Crippen LogP contribution in [0.5, 0.6) is 11.5 Å². The number of hydrogen-bond acceptors (Lipinski definition) is 5. The molecule has 2 aromatic rings. The number of anilines is 1. The summed E-state index contributed by atoms with van der Waals surface area (Å²) >= 11 is 2.14. The molecule has 0 unspecified atom stereocenters. The van der Waals surface area contributed by atoms with Gasteiger partial charge in [-0.2, -0.15) is 0 Å². The number of likely N-dealkylation sites (tertiary alicyclic amines) is 1. The van der Waals surface area contributed by atoms with Crippen LogP contribution in [0.4, 0.5) is 10.1 Å². The predicted octanol–water partition coefficient (Wildman–Crippen LogP) is 4.42. The number of nitrogens with zero attached hydrogens (tertiary/aromatic N) is 2. The molecule has 8 heteroatoms. The smallest absolute Gasteiger partial charge is 0.257 e. The van der Waals surface area contributed by atoms with E-state index in [-0.39, 0.29) is 17.3 Å². The lowest BCUT2D eigenvalue weighted by Gasteiger charge is -2.45. The van der Waals surface area contributed by atoms with Crippen LogP contribution in [0.3, 0.4) is 0 Å². The number of nitrogen functional groups attached to an aromatic ring is 1. The predicted molar refractivity (Wildman–Crippen MR) is 133 cm³/mol. The second-order valence-electron chi connectivity index (χ2n) is 8.43. The van der Waals surface area contributed by atoms with E-state index in [1.165, 1.54) is 12.1 Å². The van der Waals surface area contributed by atoms with E-state index in [9.17, 15) is 9.18 Å². The zero-order chi connectivity index (χ0) is 23.3. The third kappa shape index (κ3) is 5.83. The normalized spacial score (nSPS) is 15.9. The summed E-state index contributed by atoms with van der Waals surface area (Å²) in [7, 11) is 3.43. The Morgan fingerprint density at radius 1 is 1.25 bits per heavy atom. The highest BCUT2D eigenvalue weighted by molar-refractivity contribution is 14.1. The van der Waals surface area contributed by atoms with Gasteiger partial charge in [0.25, 0.3) is 5.91 Å². The molecule has 1 heterocycles. The molecule has 1 saturated heterocycles. The van der Waals surface area contributed by atoms with E-state index in [0.717, 1.165) is 42.5 Å². The Kier molecular flexibility index (Phi) is 8.21. The van der Waals surface area contributed by atoms with Crippen molar-refractivity contribution in [2.24, 2.45) is 0 Å². The van der Waals surface area contributed by atoms with Crippen LogP contribution >= 0.6 is 22.6 Å². The lowest BCUT2D eigenvalue weighted by Crippen LogP contribution is -2.54. The number of rotatable bonds is 8. The number of hydrogen-bond donors (Lipinski definition) is 1. The van der Waals surface area contributed by atoms with Gasteiger partial charge in [-0.15, -0.1) is 0 Å². The van der Waals surface area contributed by atoms with E-state index >= 15 is 0 Å². The van der Waals surface area contributed by atoms with Gasteiger partial charge in [0, 0.05) is 47.5 Å². The topological polar surface area (TPSA) is 68.0 Å². The average Bonchev–Trinajstić information content (AvgIpc) is 2.79. The molecule has 2 N–H and O–H groups in total. The SMILES string of the molecule is COc1cc(N)c(I)cc1C(=O)N(C)C1(C)CCN(CCCOc2ccc(F)cc2)CC1. The molecule has 0 bridgehead atoms. The van der Waals surface area contributed by atoms with Crippen molar-refractivity contribution in [3.63, 3.8) is 0 Å². The Morgan fingerprint density at radius 3 is 2.53 bits per heavy atom. The number of ether oxygens (including phenoxy) is 2. The van der Waals surface area contributed by atoms with Crippen molar-refractivity contribution in [2.45, 2.75) is 31.7 Å². The van der Waals surface area contributed by atoms with E-state index in [0.29, 0.717) is 29.4 Å². The molecule has 0 atom stereocenters. The maximum atomic E-state index is 13.3. The van der Waals surface area contributed by atoms with Crippen molar-refractivity contribution in [1.82, 2.24) is 9.80 Å². The molecule has 1 aliphatic rings. The van der Waals surface area contributed by atoms with Gasteiger partial charge in [0.15, 0.2) is 0 Å². The Balaban J connectivity index is 1.51. The van der Waals surface area contributed by atoms with E-state index < -0.39 is 0 Å². The summed E-state index contributed by atoms with van der Waals surface area (Å²) in [5, 5.41) is 0. The highest BCUT2D eigenvalue weighted by Gasteiger charge is 2.37. The molecular weight excluding hydrogens is 524 g/mol. The van der Waals surface area contributed by atoms with Crippen LogP contribution in [-0.2, 0) is 0 Å². The third-order valence-electron chi connectivity index (χ3n) is 6.30. The van der Waals surface area contributed by atoms with Crippen molar-refractivity contribution < 1.29 is 18.7 Å². The van der Waals surface area contributed by atoms with Crippen LogP contribution in [0, 0.1) is 9.39 Å². The molecular formula is C24H31FIN3O3. The van der Waals surface area contributed by atoms with Crippen LogP contribution in [0.1, 0.15) is 36.5 Å². The van der Waals surface area contributed by atoms with Crippen LogP contribution < -0.4 is 15.2 Å². The van der Waals surface area contributed by atoms with Crippen LogP contribution in [0.15, 0.2) is 36.4 Å². The molecule has 0 radical (unpaired) electrons. The van der Waals surface area contributed by atoms with Gasteiger partial charge in [-0.05, 0) is 79.1 Å². The number of piperidine rings is 1. The fraction of sp³-hybridized carbons (Fsp3) is 0.458. The van der Waals surface area contributed by atoms with E-state index in [2.05, 4.69) is 34.4 Å². The lowest BCUT2D eigenvalue weighted by atomic mass is 9.87. The molecule has 1 amide bonds. The quantitative estimate of drug-likeness (QED) is 0.297. The molecule has 6 nitrogen and oxygen atoms in total. The van der Waals surface area contributed by atoms with Crippen molar-refractivity contribution >= 4 is 34.2 Å². The molecule has 32 heavy (non-hydrogen) atoms. The molecule has 0 saturated carbocycles. The van der Waals surface area contributed by atoms with E-state index in [1.807, 2.05) is 11.9 Å². The number of nitrogens with two attached hydrogens (primary N) is 1. The summed E-state index contributed by atoms with van der Waals surface area (Å²) in [6, 6.07) is 9.60. The van der Waals surface area contributed by atoms with Crippen molar-refractivity contribution in [3.8, 4) is 11.5 Å². The molecule has 0 aromatic heterocycles. The maximum Gasteiger partial charge on any atom is 0.257 e. The van der Waals surface area contributed by atoms with Gasteiger partial charge in [0.2, 0.25) is 0 Å². The van der Waals surface area contributed by atoms with Crippen molar-refractivity contribution in [1.29, 1.82) is 0 Å². The number of carbonyl (C=O) groups excluding carboxylic acids is 1. The van der Waals surface area contributed by atoms with Gasteiger partial charge in [-0.25, -0.2) is 4.39 Å². The fourth-order valence-electron chi connectivity index (χ4n) is 3.93. The lowest BCUT2D eigenvalue weighted by molar-refractivity contribution is 0.0362. The summed E-state index contributed by atoms with van der Waals surface area (Å²) in [5.41, 5.74) is 6.89. The minimum Gasteiger partial charge on any atom is -0.496 e. The minimum atomic E-state index is -0.262. The van der Waals surface area contributed by atoms with Crippen molar-refractivity contribution in [2.75, 3.05) is 46.1 Å². The standard InChI is InChI=1S/C24H31FIN3O3/c1-24(28(2)23(30)19-15-20(26)21(27)16-22(19)31-3)9-12-29(13-10-24)11-4-14-32-18-7-5-17(25)6-8-18/h5-8,15-16H,4,9-14,27H2,1-3H3. The highest BCUT2D eigenvalue weighted by atomic mass is 127. The summed E-state index contributed by atoms with van der Waals surface area (Å²) in [6.45, 7) is 5.50. The first kappa shape index (κ1) is 24.6. The number of methoxy groups -OCH3 is 1. The maximum absolute atomic E-state index is 13.3. The number of halogens is 2. The van der Waals surface area contributed by atoms with Crippen molar-refractivity contribution in [3.05, 3.63) is 51.3 Å². The Labute approximate surface area is 203 Å². The summed E-state index contributed by atoms with van der Waals surface area (Å²) in [5.74, 6) is 0.873. The zero-order valence-electron chi connectivity index (χ0n) is 18.9. The summed E-state index contributed by atoms with van der Waals surface area (Å²) in [6.07, 6.45) is 2.68. The van der Waals surface area contributed by atoms with Crippen LogP contribution in [-0.4, -0.2) is 61.6 Å². The molecule has 174 valence electrons. The first-order chi connectivity index (χ1) is 15.2. The van der Waals surface area contributed by atoms with Gasteiger partial charge in [0.05, 0.1) is 19.3 Å². The summed E-state index contributed by atoms with van der Waals surface area (Å²) in [4.78, 5) is 17.5. The highest BCUT2D eigenvalue weighted by Crippen LogP contribution is 2.32. The largest absolute Gasteiger partial charge is 0.496 e. The molecule has 1 fully saturated rings. The van der Waals surface area contributed by atoms with E-state index in [4.69, 9.17) is 15.2 Å². The Morgan fingerprint density at radius 2 is 1.91 bits per heavy atom. The second-order valence-corrected chi connectivity index (χ2v) is 9.59. The van der Waals surface area contributed by atoms with Crippen LogP contribution in [0.2, 0.25) is 0 Å². The minimum absolute atomic E-state index is 0.0524. The van der Waals surface area contributed by atoms with Gasteiger partial charge < -0.3 is 25.0 Å². The molecule has 1 aliphatic heterocycles. The zero-order valence-corrected chi connectivity index (χ0v) is 21.0. The molecule has 3 rings (SSSR count). The van der Waals surface area contributed by atoms with Crippen LogP contribution in [0.25, 0.3) is 0 Å². The number of carbonyl (C=O) groups is 1. The molecule has 0 spiro atoms. The third-order valence-corrected chi connectivity index (χ3v) is 7.23. The van der Waals surface area contributed by atoms with Gasteiger partial charge in [0.1, 0.15) is 17.3 Å². The first-order valence-electron chi connectivity index (χ1n) is 10.8. The van der Waals surface area contributed by atoms with Gasteiger partial charge >= 0.3 is 0 Å². The Bertz CT molecular complexity index is 931. The fourth-order valence-corrected chi connectivity index (χ4v) is 4.40. The summed E-state index contributed by atoms with van der Waals surface area (Å²) < 4.78 is 24.9. The number of benzene rings is 2. The first-order valence-corrected chi connectivity index (χ1v) is 11.8. The van der Waals surface area contributed by atoms with Gasteiger partial charge in [-0.3, -0.25) is 4.79 Å².